The summed E-state index contributed by atoms with van der Waals surface area (Å²) in [6.45, 7) is 8.90. The van der Waals surface area contributed by atoms with Crippen LogP contribution >= 0.6 is 15.9 Å². The SMILES string of the molecule is Cc1c(N)cnc(OC2CC(C)CC(C)(C)C2)c1Br. The van der Waals surface area contributed by atoms with Gasteiger partial charge in [0.25, 0.3) is 0 Å². The van der Waals surface area contributed by atoms with E-state index in [-0.39, 0.29) is 6.10 Å². The van der Waals surface area contributed by atoms with Gasteiger partial charge >= 0.3 is 0 Å². The molecule has 1 aromatic heterocycles. The Morgan fingerprint density at radius 3 is 2.74 bits per heavy atom. The first-order valence-corrected chi connectivity index (χ1v) is 7.65. The van der Waals surface area contributed by atoms with Gasteiger partial charge in [0.05, 0.1) is 16.4 Å². The predicted octanol–water partition coefficient (Wildman–Crippen LogP) is 4.33. The molecule has 106 valence electrons. The van der Waals surface area contributed by atoms with E-state index in [2.05, 4.69) is 41.7 Å². The normalized spacial score (nSPS) is 26.2. The third-order valence-corrected chi connectivity index (χ3v) is 4.83. The lowest BCUT2D eigenvalue weighted by Gasteiger charge is -2.38. The van der Waals surface area contributed by atoms with E-state index in [1.165, 1.54) is 6.42 Å². The van der Waals surface area contributed by atoms with Gasteiger partial charge in [-0.1, -0.05) is 20.8 Å². The smallest absolute Gasteiger partial charge is 0.228 e. The fourth-order valence-corrected chi connectivity index (χ4v) is 3.58. The highest BCUT2D eigenvalue weighted by Crippen LogP contribution is 2.41. The predicted molar refractivity (Wildman–Crippen MR) is 82.3 cm³/mol. The number of anilines is 1. The summed E-state index contributed by atoms with van der Waals surface area (Å²) in [7, 11) is 0. The molecule has 19 heavy (non-hydrogen) atoms. The van der Waals surface area contributed by atoms with Crippen LogP contribution in [0.4, 0.5) is 5.69 Å². The maximum absolute atomic E-state index is 6.11. The Hall–Kier alpha value is -0.770. The molecule has 0 aromatic carbocycles. The molecule has 4 heteroatoms. The first-order valence-electron chi connectivity index (χ1n) is 6.86. The van der Waals surface area contributed by atoms with Gasteiger partial charge < -0.3 is 10.5 Å². The van der Waals surface area contributed by atoms with Crippen molar-refractivity contribution in [1.82, 2.24) is 4.98 Å². The van der Waals surface area contributed by atoms with Crippen LogP contribution in [-0.4, -0.2) is 11.1 Å². The number of hydrogen-bond donors (Lipinski definition) is 1. The van der Waals surface area contributed by atoms with Crippen molar-refractivity contribution in [3.63, 3.8) is 0 Å². The molecule has 0 radical (unpaired) electrons. The van der Waals surface area contributed by atoms with E-state index in [4.69, 9.17) is 10.5 Å². The Balaban J connectivity index is 2.15. The lowest BCUT2D eigenvalue weighted by atomic mass is 9.71. The van der Waals surface area contributed by atoms with E-state index in [0.29, 0.717) is 22.9 Å². The van der Waals surface area contributed by atoms with Crippen molar-refractivity contribution in [3.8, 4) is 5.88 Å². The minimum atomic E-state index is 0.241. The average Bonchev–Trinajstić information content (AvgIpc) is 2.27. The van der Waals surface area contributed by atoms with Crippen LogP contribution in [0.2, 0.25) is 0 Å². The summed E-state index contributed by atoms with van der Waals surface area (Å²) in [5.41, 5.74) is 7.87. The molecule has 1 heterocycles. The third-order valence-electron chi connectivity index (χ3n) is 3.90. The molecule has 1 aromatic rings. The number of halogens is 1. The summed E-state index contributed by atoms with van der Waals surface area (Å²) in [5, 5.41) is 0. The van der Waals surface area contributed by atoms with Gasteiger partial charge in [-0.15, -0.1) is 0 Å². The lowest BCUT2D eigenvalue weighted by molar-refractivity contribution is 0.0527. The van der Waals surface area contributed by atoms with E-state index in [9.17, 15) is 0 Å². The standard InChI is InChI=1S/C15H23BrN2O/c1-9-5-11(7-15(3,4)6-9)19-14-13(16)10(2)12(17)8-18-14/h8-9,11H,5-7,17H2,1-4H3. The van der Waals surface area contributed by atoms with E-state index in [0.717, 1.165) is 22.9 Å². The van der Waals surface area contributed by atoms with E-state index in [1.807, 2.05) is 6.92 Å². The molecule has 0 aliphatic heterocycles. The Morgan fingerprint density at radius 1 is 1.42 bits per heavy atom. The number of pyridine rings is 1. The molecule has 1 aliphatic carbocycles. The zero-order chi connectivity index (χ0) is 14.2. The molecular formula is C15H23BrN2O. The fourth-order valence-electron chi connectivity index (χ4n) is 3.16. The van der Waals surface area contributed by atoms with Crippen LogP contribution in [0.15, 0.2) is 10.7 Å². The molecule has 2 rings (SSSR count). The quantitative estimate of drug-likeness (QED) is 0.879. The van der Waals surface area contributed by atoms with Gasteiger partial charge in [-0.3, -0.25) is 0 Å². The average molecular weight is 327 g/mol. The molecule has 1 fully saturated rings. The van der Waals surface area contributed by atoms with Gasteiger partial charge in [0.15, 0.2) is 0 Å². The van der Waals surface area contributed by atoms with E-state index in [1.54, 1.807) is 6.20 Å². The third kappa shape index (κ3) is 3.41. The van der Waals surface area contributed by atoms with Crippen molar-refractivity contribution in [3.05, 3.63) is 16.2 Å². The molecule has 0 amide bonds. The molecule has 1 aliphatic rings. The Kier molecular flexibility index (Phi) is 4.09. The number of hydrogen-bond acceptors (Lipinski definition) is 3. The van der Waals surface area contributed by atoms with Gasteiger partial charge in [-0.25, -0.2) is 4.98 Å². The van der Waals surface area contributed by atoms with Crippen molar-refractivity contribution < 1.29 is 4.74 Å². The van der Waals surface area contributed by atoms with Gasteiger partial charge in [0.1, 0.15) is 6.10 Å². The summed E-state index contributed by atoms with van der Waals surface area (Å²) in [5.74, 6) is 1.36. The van der Waals surface area contributed by atoms with Gasteiger partial charge in [-0.2, -0.15) is 0 Å². The van der Waals surface area contributed by atoms with Crippen LogP contribution in [0.1, 0.15) is 45.6 Å². The van der Waals surface area contributed by atoms with Crippen molar-refractivity contribution in [2.45, 2.75) is 53.1 Å². The molecule has 0 spiro atoms. The number of ether oxygens (including phenoxy) is 1. The fraction of sp³-hybridized carbons (Fsp3) is 0.667. The molecule has 1 saturated carbocycles. The summed E-state index contributed by atoms with van der Waals surface area (Å²) >= 11 is 3.53. The number of nitrogens with two attached hydrogens (primary N) is 1. The zero-order valence-corrected chi connectivity index (χ0v) is 13.8. The Morgan fingerprint density at radius 2 is 2.11 bits per heavy atom. The maximum Gasteiger partial charge on any atom is 0.228 e. The highest BCUT2D eigenvalue weighted by molar-refractivity contribution is 9.10. The number of nitrogen functional groups attached to an aromatic ring is 1. The van der Waals surface area contributed by atoms with Crippen LogP contribution in [-0.2, 0) is 0 Å². The van der Waals surface area contributed by atoms with Gasteiger partial charge in [0, 0.05) is 0 Å². The second-order valence-electron chi connectivity index (χ2n) is 6.61. The summed E-state index contributed by atoms with van der Waals surface area (Å²) in [6.07, 6.45) is 5.36. The minimum Gasteiger partial charge on any atom is -0.474 e. The number of aromatic nitrogens is 1. The van der Waals surface area contributed by atoms with Crippen molar-refractivity contribution in [2.24, 2.45) is 11.3 Å². The first kappa shape index (κ1) is 14.6. The Bertz CT molecular complexity index is 473. The second kappa shape index (κ2) is 5.31. The largest absolute Gasteiger partial charge is 0.474 e. The first-order chi connectivity index (χ1) is 8.78. The molecule has 2 unspecified atom stereocenters. The van der Waals surface area contributed by atoms with Crippen molar-refractivity contribution in [1.29, 1.82) is 0 Å². The van der Waals surface area contributed by atoms with Crippen LogP contribution in [0, 0.1) is 18.3 Å². The van der Waals surface area contributed by atoms with Gasteiger partial charge in [-0.05, 0) is 59.0 Å². The van der Waals surface area contributed by atoms with Gasteiger partial charge in [0.2, 0.25) is 5.88 Å². The molecule has 3 nitrogen and oxygen atoms in total. The molecule has 2 N–H and O–H groups in total. The minimum absolute atomic E-state index is 0.241. The molecule has 0 saturated heterocycles. The zero-order valence-electron chi connectivity index (χ0n) is 12.2. The maximum atomic E-state index is 6.11. The van der Waals surface area contributed by atoms with Crippen molar-refractivity contribution >= 4 is 21.6 Å². The number of nitrogens with zero attached hydrogens (tertiary/aromatic N) is 1. The van der Waals surface area contributed by atoms with E-state index < -0.39 is 0 Å². The van der Waals surface area contributed by atoms with Crippen LogP contribution in [0.3, 0.4) is 0 Å². The highest BCUT2D eigenvalue weighted by atomic mass is 79.9. The monoisotopic (exact) mass is 326 g/mol. The molecule has 0 bridgehead atoms. The summed E-state index contributed by atoms with van der Waals surface area (Å²) in [6, 6.07) is 0. The second-order valence-corrected chi connectivity index (χ2v) is 7.40. The summed E-state index contributed by atoms with van der Waals surface area (Å²) in [4.78, 5) is 4.31. The molecular weight excluding hydrogens is 304 g/mol. The highest BCUT2D eigenvalue weighted by Gasteiger charge is 2.33. The van der Waals surface area contributed by atoms with Crippen LogP contribution in [0.5, 0.6) is 5.88 Å². The summed E-state index contributed by atoms with van der Waals surface area (Å²) < 4.78 is 6.99. The topological polar surface area (TPSA) is 48.1 Å². The molecule has 2 atom stereocenters. The number of rotatable bonds is 2. The van der Waals surface area contributed by atoms with Crippen LogP contribution < -0.4 is 10.5 Å². The van der Waals surface area contributed by atoms with Crippen molar-refractivity contribution in [2.75, 3.05) is 5.73 Å². The van der Waals surface area contributed by atoms with Crippen LogP contribution in [0.25, 0.3) is 0 Å². The Labute approximate surface area is 124 Å². The van der Waals surface area contributed by atoms with E-state index >= 15 is 0 Å². The lowest BCUT2D eigenvalue weighted by Crippen LogP contribution is -2.34.